The number of thiazole rings is 1. The Hall–Kier alpha value is -0.840. The Bertz CT molecular complexity index is 468. The maximum atomic E-state index is 4.40. The van der Waals surface area contributed by atoms with Gasteiger partial charge >= 0.3 is 0 Å². The number of benzene rings is 1. The minimum absolute atomic E-state index is 0.343. The van der Waals surface area contributed by atoms with Gasteiger partial charge < -0.3 is 5.32 Å². The second-order valence-electron chi connectivity index (χ2n) is 4.80. The number of rotatable bonds is 6. The van der Waals surface area contributed by atoms with Crippen LogP contribution in [0.1, 0.15) is 25.5 Å². The molecule has 0 spiro atoms. The molecule has 0 saturated heterocycles. The number of thioether (sulfide) groups is 1. The summed E-state index contributed by atoms with van der Waals surface area (Å²) in [5, 5.41) is 5.98. The lowest BCUT2D eigenvalue weighted by molar-refractivity contribution is 0.472. The SMILES string of the molecule is CNC(c1ccccc1)C(Sc1nccs1)C(C)C. The molecule has 1 heterocycles. The zero-order valence-electron chi connectivity index (χ0n) is 11.5. The van der Waals surface area contributed by atoms with Gasteiger partial charge in [0.05, 0.1) is 0 Å². The molecule has 2 aromatic rings. The van der Waals surface area contributed by atoms with E-state index in [9.17, 15) is 0 Å². The number of hydrogen-bond acceptors (Lipinski definition) is 4. The fourth-order valence-electron chi connectivity index (χ4n) is 2.15. The maximum absolute atomic E-state index is 4.40. The molecule has 0 radical (unpaired) electrons. The normalized spacial score (nSPS) is 14.5. The highest BCUT2D eigenvalue weighted by molar-refractivity contribution is 8.01. The Balaban J connectivity index is 2.21. The van der Waals surface area contributed by atoms with Crippen LogP contribution in [0.4, 0.5) is 0 Å². The zero-order chi connectivity index (χ0) is 13.7. The highest BCUT2D eigenvalue weighted by Gasteiger charge is 2.26. The van der Waals surface area contributed by atoms with E-state index in [1.54, 1.807) is 11.3 Å². The van der Waals surface area contributed by atoms with Crippen molar-refractivity contribution in [2.24, 2.45) is 5.92 Å². The average molecular weight is 292 g/mol. The van der Waals surface area contributed by atoms with E-state index in [1.165, 1.54) is 5.56 Å². The molecule has 0 aliphatic heterocycles. The lowest BCUT2D eigenvalue weighted by Crippen LogP contribution is -2.31. The van der Waals surface area contributed by atoms with Crippen LogP contribution in [0.25, 0.3) is 0 Å². The summed E-state index contributed by atoms with van der Waals surface area (Å²) in [5.74, 6) is 0.576. The van der Waals surface area contributed by atoms with E-state index in [2.05, 4.69) is 54.5 Å². The van der Waals surface area contributed by atoms with Crippen molar-refractivity contribution in [1.82, 2.24) is 10.3 Å². The molecule has 0 aliphatic carbocycles. The van der Waals surface area contributed by atoms with E-state index in [-0.39, 0.29) is 0 Å². The zero-order valence-corrected chi connectivity index (χ0v) is 13.2. The molecule has 102 valence electrons. The number of hydrogen-bond donors (Lipinski definition) is 1. The fraction of sp³-hybridized carbons (Fsp3) is 0.400. The molecule has 2 atom stereocenters. The minimum atomic E-state index is 0.343. The van der Waals surface area contributed by atoms with Crippen LogP contribution in [0, 0.1) is 5.92 Å². The number of nitrogens with one attached hydrogen (secondary N) is 1. The highest BCUT2D eigenvalue weighted by atomic mass is 32.2. The quantitative estimate of drug-likeness (QED) is 0.807. The van der Waals surface area contributed by atoms with Gasteiger partial charge in [0.2, 0.25) is 0 Å². The largest absolute Gasteiger partial charge is 0.312 e. The van der Waals surface area contributed by atoms with E-state index >= 15 is 0 Å². The predicted molar refractivity (Wildman–Crippen MR) is 84.8 cm³/mol. The molecule has 2 rings (SSSR count). The van der Waals surface area contributed by atoms with Gasteiger partial charge in [-0.05, 0) is 18.5 Å². The topological polar surface area (TPSA) is 24.9 Å². The number of aromatic nitrogens is 1. The molecular formula is C15H20N2S2. The summed E-state index contributed by atoms with van der Waals surface area (Å²) >= 11 is 3.59. The first-order chi connectivity index (χ1) is 9.22. The van der Waals surface area contributed by atoms with Crippen molar-refractivity contribution >= 4 is 23.1 Å². The van der Waals surface area contributed by atoms with Crippen molar-refractivity contribution < 1.29 is 0 Å². The van der Waals surface area contributed by atoms with E-state index in [0.717, 1.165) is 4.34 Å². The summed E-state index contributed by atoms with van der Waals surface area (Å²) in [6, 6.07) is 11.0. The van der Waals surface area contributed by atoms with Crippen LogP contribution in [-0.4, -0.2) is 17.3 Å². The van der Waals surface area contributed by atoms with Crippen LogP contribution in [0.3, 0.4) is 0 Å². The highest BCUT2D eigenvalue weighted by Crippen LogP contribution is 2.37. The van der Waals surface area contributed by atoms with Gasteiger partial charge in [0.15, 0.2) is 0 Å². The first-order valence-electron chi connectivity index (χ1n) is 6.50. The summed E-state index contributed by atoms with van der Waals surface area (Å²) in [6.07, 6.45) is 1.88. The second kappa shape index (κ2) is 7.08. The van der Waals surface area contributed by atoms with Gasteiger partial charge in [0.1, 0.15) is 4.34 Å². The van der Waals surface area contributed by atoms with Crippen molar-refractivity contribution in [1.29, 1.82) is 0 Å². The van der Waals surface area contributed by atoms with Gasteiger partial charge in [-0.1, -0.05) is 55.9 Å². The Labute approximate surface area is 123 Å². The van der Waals surface area contributed by atoms with Crippen LogP contribution in [0.2, 0.25) is 0 Å². The molecule has 1 N–H and O–H groups in total. The van der Waals surface area contributed by atoms with Gasteiger partial charge in [0, 0.05) is 22.9 Å². The third-order valence-corrected chi connectivity index (χ3v) is 5.64. The van der Waals surface area contributed by atoms with Crippen molar-refractivity contribution in [3.05, 3.63) is 47.5 Å². The van der Waals surface area contributed by atoms with E-state index in [0.29, 0.717) is 17.2 Å². The van der Waals surface area contributed by atoms with Crippen molar-refractivity contribution in [2.75, 3.05) is 7.05 Å². The summed E-state index contributed by atoms with van der Waals surface area (Å²) in [4.78, 5) is 4.40. The van der Waals surface area contributed by atoms with Crippen molar-refractivity contribution in [2.45, 2.75) is 29.5 Å². The van der Waals surface area contributed by atoms with Crippen molar-refractivity contribution in [3.63, 3.8) is 0 Å². The monoisotopic (exact) mass is 292 g/mol. The molecule has 4 heteroatoms. The molecule has 0 amide bonds. The summed E-state index contributed by atoms with van der Waals surface area (Å²) in [5.41, 5.74) is 1.34. The Morgan fingerprint density at radius 3 is 2.47 bits per heavy atom. The summed E-state index contributed by atoms with van der Waals surface area (Å²) < 4.78 is 1.15. The lowest BCUT2D eigenvalue weighted by atomic mass is 9.96. The fourth-order valence-corrected chi connectivity index (χ4v) is 4.29. The molecular weight excluding hydrogens is 272 g/mol. The smallest absolute Gasteiger partial charge is 0.150 e. The maximum Gasteiger partial charge on any atom is 0.150 e. The van der Waals surface area contributed by atoms with Crippen LogP contribution < -0.4 is 5.32 Å². The molecule has 0 aliphatic rings. The molecule has 19 heavy (non-hydrogen) atoms. The first-order valence-corrected chi connectivity index (χ1v) is 8.26. The Morgan fingerprint density at radius 2 is 1.95 bits per heavy atom. The molecule has 2 unspecified atom stereocenters. The molecule has 0 saturated carbocycles. The number of nitrogens with zero attached hydrogens (tertiary/aromatic N) is 1. The third kappa shape index (κ3) is 3.81. The van der Waals surface area contributed by atoms with Gasteiger partial charge in [-0.3, -0.25) is 0 Å². The minimum Gasteiger partial charge on any atom is -0.312 e. The van der Waals surface area contributed by atoms with Gasteiger partial charge in [0.25, 0.3) is 0 Å². The van der Waals surface area contributed by atoms with E-state index in [4.69, 9.17) is 0 Å². The summed E-state index contributed by atoms with van der Waals surface area (Å²) in [7, 11) is 2.04. The molecule has 1 aromatic carbocycles. The average Bonchev–Trinajstić information content (AvgIpc) is 2.92. The van der Waals surface area contributed by atoms with Crippen LogP contribution in [0.5, 0.6) is 0 Å². The lowest BCUT2D eigenvalue weighted by Gasteiger charge is -2.29. The predicted octanol–water partition coefficient (Wildman–Crippen LogP) is 4.22. The van der Waals surface area contributed by atoms with E-state index < -0.39 is 0 Å². The van der Waals surface area contributed by atoms with Gasteiger partial charge in [-0.25, -0.2) is 4.98 Å². The van der Waals surface area contributed by atoms with Crippen LogP contribution in [-0.2, 0) is 0 Å². The third-order valence-electron chi connectivity index (χ3n) is 3.10. The van der Waals surface area contributed by atoms with Gasteiger partial charge in [-0.2, -0.15) is 0 Å². The molecule has 0 fully saturated rings. The first kappa shape index (κ1) is 14.6. The van der Waals surface area contributed by atoms with E-state index in [1.807, 2.05) is 30.4 Å². The Kier molecular flexibility index (Phi) is 5.43. The van der Waals surface area contributed by atoms with Gasteiger partial charge in [-0.15, -0.1) is 11.3 Å². The standard InChI is InChI=1S/C15H20N2S2/c1-11(2)14(19-15-17-9-10-18-15)13(16-3)12-7-5-4-6-8-12/h4-11,13-14,16H,1-3H3. The van der Waals surface area contributed by atoms with Crippen LogP contribution in [0.15, 0.2) is 46.2 Å². The summed E-state index contributed by atoms with van der Waals surface area (Å²) in [6.45, 7) is 4.55. The van der Waals surface area contributed by atoms with Crippen molar-refractivity contribution in [3.8, 4) is 0 Å². The Morgan fingerprint density at radius 1 is 1.21 bits per heavy atom. The van der Waals surface area contributed by atoms with Crippen LogP contribution >= 0.6 is 23.1 Å². The molecule has 2 nitrogen and oxygen atoms in total. The molecule has 0 bridgehead atoms. The second-order valence-corrected chi connectivity index (χ2v) is 7.12. The molecule has 1 aromatic heterocycles.